The summed E-state index contributed by atoms with van der Waals surface area (Å²) in [5.74, 6) is -0.462. The zero-order chi connectivity index (χ0) is 35.9. The third-order valence-electron chi connectivity index (χ3n) is 7.39. The van der Waals surface area contributed by atoms with Crippen molar-refractivity contribution >= 4 is 13.8 Å². The van der Waals surface area contributed by atoms with Crippen molar-refractivity contribution in [2.24, 2.45) is 5.73 Å². The number of nitrogens with two attached hydrogens (primary N) is 1. The average molecular weight is 708 g/mol. The molecule has 0 aliphatic carbocycles. The standard InChI is InChI=1S/C40H70NO7P/c1-3-5-7-9-11-13-15-17-19-21-23-25-27-29-31-33-40(42)48-39(38-47-49(43,44)46-36-34-41)37-45-35-32-30-28-26-24-22-20-18-16-14-12-10-8-6-4-2/h5,7,11,13,16-19,23,25,29,31,39H,3-4,6,8-10,12,14-15,20-22,24,26-28,30,32-38,41H2,1-2H3,(H,43,44)/b7-5-,13-11-,18-16-,19-17-,25-23-,31-29-. The van der Waals surface area contributed by atoms with Crippen molar-refractivity contribution in [3.8, 4) is 0 Å². The predicted octanol–water partition coefficient (Wildman–Crippen LogP) is 10.8. The SMILES string of the molecule is CC/C=C\C/C=C\C/C=C\C/C=C\C/C=C\CC(=O)OC(COCCCCCCCC/C=C\CCCCCCC)COP(=O)(O)OCCN. The van der Waals surface area contributed by atoms with Gasteiger partial charge in [-0.1, -0.05) is 138 Å². The van der Waals surface area contributed by atoms with E-state index in [9.17, 15) is 14.3 Å². The van der Waals surface area contributed by atoms with Crippen LogP contribution in [0.5, 0.6) is 0 Å². The van der Waals surface area contributed by atoms with Crippen LogP contribution in [0.3, 0.4) is 0 Å². The van der Waals surface area contributed by atoms with Gasteiger partial charge >= 0.3 is 13.8 Å². The zero-order valence-corrected chi connectivity index (χ0v) is 31.8. The van der Waals surface area contributed by atoms with E-state index in [0.717, 1.165) is 44.9 Å². The quantitative estimate of drug-likeness (QED) is 0.0289. The maximum atomic E-state index is 12.5. The number of phosphoric acid groups is 1. The van der Waals surface area contributed by atoms with Gasteiger partial charge in [0.05, 0.1) is 26.2 Å². The number of carbonyl (C=O) groups is 1. The van der Waals surface area contributed by atoms with Crippen LogP contribution in [0.15, 0.2) is 72.9 Å². The molecule has 0 spiro atoms. The largest absolute Gasteiger partial charge is 0.472 e. The molecule has 0 heterocycles. The van der Waals surface area contributed by atoms with E-state index in [4.69, 9.17) is 24.3 Å². The minimum absolute atomic E-state index is 0.0687. The highest BCUT2D eigenvalue weighted by Gasteiger charge is 2.25. The van der Waals surface area contributed by atoms with Gasteiger partial charge in [0, 0.05) is 13.2 Å². The van der Waals surface area contributed by atoms with Gasteiger partial charge in [0.2, 0.25) is 0 Å². The predicted molar refractivity (Wildman–Crippen MR) is 205 cm³/mol. The summed E-state index contributed by atoms with van der Waals surface area (Å²) in [6, 6.07) is 0. The van der Waals surface area contributed by atoms with Crippen LogP contribution in [-0.2, 0) is 27.9 Å². The molecule has 0 saturated heterocycles. The van der Waals surface area contributed by atoms with Gasteiger partial charge in [0.25, 0.3) is 0 Å². The molecule has 9 heteroatoms. The summed E-state index contributed by atoms with van der Waals surface area (Å²) >= 11 is 0. The van der Waals surface area contributed by atoms with Crippen molar-refractivity contribution in [2.75, 3.05) is 33.0 Å². The molecule has 2 atom stereocenters. The second-order valence-corrected chi connectivity index (χ2v) is 13.5. The molecule has 0 aliphatic rings. The van der Waals surface area contributed by atoms with Gasteiger partial charge in [-0.05, 0) is 64.2 Å². The van der Waals surface area contributed by atoms with Crippen molar-refractivity contribution < 1.29 is 32.8 Å². The molecule has 0 aliphatic heterocycles. The number of allylic oxidation sites excluding steroid dienone is 11. The number of ether oxygens (including phenoxy) is 2. The molecular weight excluding hydrogens is 637 g/mol. The number of unbranched alkanes of at least 4 members (excludes halogenated alkanes) is 11. The Bertz CT molecular complexity index is 974. The number of esters is 1. The molecule has 282 valence electrons. The normalized spacial score (nSPS) is 14.4. The highest BCUT2D eigenvalue weighted by molar-refractivity contribution is 7.47. The maximum absolute atomic E-state index is 12.5. The monoisotopic (exact) mass is 707 g/mol. The Balaban J connectivity index is 4.27. The molecule has 0 fully saturated rings. The van der Waals surface area contributed by atoms with Gasteiger partial charge in [-0.3, -0.25) is 13.8 Å². The topological polar surface area (TPSA) is 117 Å². The number of rotatable bonds is 35. The van der Waals surface area contributed by atoms with Crippen molar-refractivity contribution in [2.45, 2.75) is 142 Å². The van der Waals surface area contributed by atoms with Crippen LogP contribution in [-0.4, -0.2) is 49.9 Å². The van der Waals surface area contributed by atoms with E-state index in [-0.39, 0.29) is 32.8 Å². The Kier molecular flexibility index (Phi) is 35.6. The minimum atomic E-state index is -4.30. The molecule has 0 aromatic rings. The fourth-order valence-corrected chi connectivity index (χ4v) is 5.42. The van der Waals surface area contributed by atoms with E-state index in [1.54, 1.807) is 6.08 Å². The lowest BCUT2D eigenvalue weighted by Gasteiger charge is -2.19. The van der Waals surface area contributed by atoms with E-state index >= 15 is 0 Å². The molecule has 0 radical (unpaired) electrons. The summed E-state index contributed by atoms with van der Waals surface area (Å²) in [5.41, 5.74) is 5.34. The third kappa shape index (κ3) is 37.0. The Morgan fingerprint density at radius 3 is 1.69 bits per heavy atom. The van der Waals surface area contributed by atoms with E-state index in [0.29, 0.717) is 13.0 Å². The van der Waals surface area contributed by atoms with Gasteiger partial charge in [0.1, 0.15) is 6.10 Å². The van der Waals surface area contributed by atoms with Gasteiger partial charge < -0.3 is 20.1 Å². The van der Waals surface area contributed by atoms with Crippen LogP contribution >= 0.6 is 7.82 Å². The van der Waals surface area contributed by atoms with E-state index in [1.165, 1.54) is 64.2 Å². The first-order valence-corrected chi connectivity index (χ1v) is 20.4. The van der Waals surface area contributed by atoms with Crippen LogP contribution in [0.25, 0.3) is 0 Å². The smallest absolute Gasteiger partial charge is 0.457 e. The van der Waals surface area contributed by atoms with Crippen LogP contribution in [0.4, 0.5) is 0 Å². The first kappa shape index (κ1) is 46.9. The van der Waals surface area contributed by atoms with Crippen LogP contribution < -0.4 is 5.73 Å². The first-order valence-electron chi connectivity index (χ1n) is 18.9. The number of hydrogen-bond donors (Lipinski definition) is 2. The average Bonchev–Trinajstić information content (AvgIpc) is 3.09. The second-order valence-electron chi connectivity index (χ2n) is 12.1. The lowest BCUT2D eigenvalue weighted by Crippen LogP contribution is -2.28. The highest BCUT2D eigenvalue weighted by atomic mass is 31.2. The fraction of sp³-hybridized carbons (Fsp3) is 0.675. The number of carbonyl (C=O) groups excluding carboxylic acids is 1. The van der Waals surface area contributed by atoms with Crippen LogP contribution in [0.1, 0.15) is 136 Å². The molecule has 0 rings (SSSR count). The van der Waals surface area contributed by atoms with Crippen molar-refractivity contribution in [1.82, 2.24) is 0 Å². The van der Waals surface area contributed by atoms with Gasteiger partial charge in [-0.25, -0.2) is 4.57 Å². The molecule has 0 saturated carbocycles. The second kappa shape index (κ2) is 37.2. The molecule has 0 bridgehead atoms. The van der Waals surface area contributed by atoms with Crippen molar-refractivity contribution in [3.63, 3.8) is 0 Å². The molecule has 8 nitrogen and oxygen atoms in total. The Labute approximate surface area is 299 Å². The molecule has 0 amide bonds. The summed E-state index contributed by atoms with van der Waals surface area (Å²) < 4.78 is 33.1. The zero-order valence-electron chi connectivity index (χ0n) is 30.9. The maximum Gasteiger partial charge on any atom is 0.472 e. The van der Waals surface area contributed by atoms with Crippen LogP contribution in [0.2, 0.25) is 0 Å². The first-order chi connectivity index (χ1) is 23.9. The lowest BCUT2D eigenvalue weighted by atomic mass is 10.1. The summed E-state index contributed by atoms with van der Waals surface area (Å²) in [6.45, 7) is 4.62. The van der Waals surface area contributed by atoms with Crippen molar-refractivity contribution in [1.29, 1.82) is 0 Å². The van der Waals surface area contributed by atoms with Gasteiger partial charge in [0.15, 0.2) is 0 Å². The Hall–Kier alpha value is -2.06. The number of hydrogen-bond acceptors (Lipinski definition) is 7. The number of phosphoric ester groups is 1. The Morgan fingerprint density at radius 2 is 1.14 bits per heavy atom. The lowest BCUT2D eigenvalue weighted by molar-refractivity contribution is -0.153. The highest BCUT2D eigenvalue weighted by Crippen LogP contribution is 2.43. The third-order valence-corrected chi connectivity index (χ3v) is 8.37. The molecule has 49 heavy (non-hydrogen) atoms. The molecular formula is C40H70NO7P. The fourth-order valence-electron chi connectivity index (χ4n) is 4.65. The van der Waals surface area contributed by atoms with Gasteiger partial charge in [-0.2, -0.15) is 0 Å². The molecule has 0 aromatic carbocycles. The summed E-state index contributed by atoms with van der Waals surface area (Å²) in [4.78, 5) is 22.3. The Morgan fingerprint density at radius 1 is 0.633 bits per heavy atom. The van der Waals surface area contributed by atoms with Gasteiger partial charge in [-0.15, -0.1) is 0 Å². The summed E-state index contributed by atoms with van der Waals surface area (Å²) in [5, 5.41) is 0. The summed E-state index contributed by atoms with van der Waals surface area (Å²) in [6.07, 6.45) is 45.1. The van der Waals surface area contributed by atoms with Crippen LogP contribution in [0, 0.1) is 0 Å². The minimum Gasteiger partial charge on any atom is -0.457 e. The van der Waals surface area contributed by atoms with E-state index < -0.39 is 19.9 Å². The van der Waals surface area contributed by atoms with E-state index in [1.807, 2.05) is 6.08 Å². The molecule has 3 N–H and O–H groups in total. The molecule has 2 unspecified atom stereocenters. The molecule has 0 aromatic heterocycles. The van der Waals surface area contributed by atoms with Crippen molar-refractivity contribution in [3.05, 3.63) is 72.9 Å². The summed E-state index contributed by atoms with van der Waals surface area (Å²) in [7, 11) is -4.30. The van der Waals surface area contributed by atoms with E-state index in [2.05, 4.69) is 74.6 Å².